The minimum Gasteiger partial charge on any atom is -0.411 e. The average Bonchev–Trinajstić information content (AvgIpc) is 3.02. The van der Waals surface area contributed by atoms with Crippen molar-refractivity contribution < 1.29 is 5.21 Å². The topological polar surface area (TPSA) is 39.1 Å². The number of fused-ring (bicyclic) bond motifs is 1. The van der Waals surface area contributed by atoms with Crippen LogP contribution in [-0.4, -0.2) is 46.9 Å². The van der Waals surface area contributed by atoms with E-state index in [4.69, 9.17) is 0 Å². The fourth-order valence-electron chi connectivity index (χ4n) is 3.95. The molecule has 0 amide bonds. The van der Waals surface area contributed by atoms with E-state index in [1.54, 1.807) is 0 Å². The summed E-state index contributed by atoms with van der Waals surface area (Å²) in [5, 5.41) is 13.0. The minimum absolute atomic E-state index is 0.144. The van der Waals surface area contributed by atoms with Crippen molar-refractivity contribution in [2.45, 2.75) is 19.0 Å². The molecule has 24 heavy (non-hydrogen) atoms. The second-order valence-electron chi connectivity index (χ2n) is 6.67. The van der Waals surface area contributed by atoms with Gasteiger partial charge in [0.1, 0.15) is 0 Å². The van der Waals surface area contributed by atoms with Crippen molar-refractivity contribution in [1.82, 2.24) is 9.80 Å². The quantitative estimate of drug-likeness (QED) is 0.698. The molecule has 1 N–H and O–H groups in total. The Kier molecular flexibility index (Phi) is 4.32. The van der Waals surface area contributed by atoms with Gasteiger partial charge in [0.2, 0.25) is 0 Å². The van der Waals surface area contributed by atoms with Crippen LogP contribution in [0.3, 0.4) is 0 Å². The van der Waals surface area contributed by atoms with Crippen molar-refractivity contribution in [1.29, 1.82) is 0 Å². The zero-order valence-corrected chi connectivity index (χ0v) is 13.8. The number of nitrogens with zero attached hydrogens (tertiary/aromatic N) is 3. The molecule has 1 saturated heterocycles. The molecule has 0 radical (unpaired) electrons. The summed E-state index contributed by atoms with van der Waals surface area (Å²) >= 11 is 0. The fourth-order valence-corrected chi connectivity index (χ4v) is 3.95. The van der Waals surface area contributed by atoms with Gasteiger partial charge in [-0.2, -0.15) is 0 Å². The van der Waals surface area contributed by atoms with Gasteiger partial charge in [-0.05, 0) is 16.7 Å². The van der Waals surface area contributed by atoms with Crippen molar-refractivity contribution in [2.75, 3.05) is 26.2 Å². The van der Waals surface area contributed by atoms with Gasteiger partial charge in [0, 0.05) is 39.1 Å². The molecule has 124 valence electrons. The predicted molar refractivity (Wildman–Crippen MR) is 95.4 cm³/mol. The van der Waals surface area contributed by atoms with E-state index in [1.807, 2.05) is 0 Å². The van der Waals surface area contributed by atoms with Crippen LogP contribution in [0.2, 0.25) is 0 Å². The van der Waals surface area contributed by atoms with Gasteiger partial charge in [-0.1, -0.05) is 59.8 Å². The summed E-state index contributed by atoms with van der Waals surface area (Å²) in [5.41, 5.74) is 4.85. The van der Waals surface area contributed by atoms with Crippen LogP contribution in [0.1, 0.15) is 22.7 Å². The summed E-state index contributed by atoms with van der Waals surface area (Å²) in [6.07, 6.45) is 0.765. The number of rotatable bonds is 3. The standard InChI is InChI=1S/C20H23N3O/c24-21-19-14-17-8-4-5-9-18(17)20(19)23-12-10-22(11-13-23)15-16-6-2-1-3-7-16/h1-9,20,24H,10-15H2/b21-19-/t20-/m1/s1. The van der Waals surface area contributed by atoms with E-state index in [-0.39, 0.29) is 6.04 Å². The van der Waals surface area contributed by atoms with E-state index in [0.717, 1.165) is 44.9 Å². The Morgan fingerprint density at radius 2 is 1.62 bits per heavy atom. The number of benzene rings is 2. The molecule has 4 rings (SSSR count). The first kappa shape index (κ1) is 15.4. The number of piperazine rings is 1. The SMILES string of the molecule is O/N=C1/Cc2ccccc2[C@H]1N1CCN(Cc2ccccc2)CC1. The monoisotopic (exact) mass is 321 g/mol. The molecular formula is C20H23N3O. The number of oxime groups is 1. The Morgan fingerprint density at radius 1 is 0.917 bits per heavy atom. The highest BCUT2D eigenvalue weighted by molar-refractivity contribution is 5.96. The van der Waals surface area contributed by atoms with E-state index in [9.17, 15) is 5.21 Å². The van der Waals surface area contributed by atoms with Crippen LogP contribution >= 0.6 is 0 Å². The Labute approximate surface area is 143 Å². The molecule has 0 aromatic heterocycles. The van der Waals surface area contributed by atoms with Crippen molar-refractivity contribution in [3.8, 4) is 0 Å². The molecule has 0 spiro atoms. The van der Waals surface area contributed by atoms with Crippen molar-refractivity contribution >= 4 is 5.71 Å². The summed E-state index contributed by atoms with van der Waals surface area (Å²) in [7, 11) is 0. The molecule has 1 aliphatic heterocycles. The molecule has 2 aliphatic rings. The van der Waals surface area contributed by atoms with Crippen LogP contribution in [0, 0.1) is 0 Å². The van der Waals surface area contributed by atoms with Gasteiger partial charge in [-0.15, -0.1) is 0 Å². The highest BCUT2D eigenvalue weighted by Gasteiger charge is 2.35. The molecule has 1 atom stereocenters. The molecule has 4 heteroatoms. The fraction of sp³-hybridized carbons (Fsp3) is 0.350. The second kappa shape index (κ2) is 6.75. The average molecular weight is 321 g/mol. The zero-order chi connectivity index (χ0) is 16.4. The highest BCUT2D eigenvalue weighted by atomic mass is 16.4. The van der Waals surface area contributed by atoms with Crippen molar-refractivity contribution in [3.63, 3.8) is 0 Å². The first-order chi connectivity index (χ1) is 11.8. The summed E-state index contributed by atoms with van der Waals surface area (Å²) in [6.45, 7) is 5.12. The van der Waals surface area contributed by atoms with E-state index in [2.05, 4.69) is 69.6 Å². The van der Waals surface area contributed by atoms with E-state index in [1.165, 1.54) is 16.7 Å². The third-order valence-electron chi connectivity index (χ3n) is 5.19. The maximum Gasteiger partial charge on any atom is 0.0831 e. The van der Waals surface area contributed by atoms with Gasteiger partial charge < -0.3 is 5.21 Å². The summed E-state index contributed by atoms with van der Waals surface area (Å²) in [4.78, 5) is 4.96. The molecule has 1 aliphatic carbocycles. The first-order valence-electron chi connectivity index (χ1n) is 8.64. The summed E-state index contributed by atoms with van der Waals surface area (Å²) < 4.78 is 0. The van der Waals surface area contributed by atoms with Gasteiger partial charge in [0.15, 0.2) is 0 Å². The summed E-state index contributed by atoms with van der Waals surface area (Å²) in [6, 6.07) is 19.3. The molecule has 1 fully saturated rings. The predicted octanol–water partition coefficient (Wildman–Crippen LogP) is 2.93. The third kappa shape index (κ3) is 2.95. The van der Waals surface area contributed by atoms with E-state index in [0.29, 0.717) is 0 Å². The number of hydrogen-bond donors (Lipinski definition) is 1. The van der Waals surface area contributed by atoms with Crippen LogP contribution in [0.25, 0.3) is 0 Å². The molecule has 1 heterocycles. The first-order valence-corrected chi connectivity index (χ1v) is 8.64. The van der Waals surface area contributed by atoms with Gasteiger partial charge in [0.05, 0.1) is 11.8 Å². The molecule has 4 nitrogen and oxygen atoms in total. The molecule has 0 unspecified atom stereocenters. The summed E-state index contributed by atoms with van der Waals surface area (Å²) in [5.74, 6) is 0. The zero-order valence-electron chi connectivity index (χ0n) is 13.8. The smallest absolute Gasteiger partial charge is 0.0831 e. The lowest BCUT2D eigenvalue weighted by atomic mass is 10.1. The van der Waals surface area contributed by atoms with Gasteiger partial charge in [0.25, 0.3) is 0 Å². The molecular weight excluding hydrogens is 298 g/mol. The highest BCUT2D eigenvalue weighted by Crippen LogP contribution is 2.34. The van der Waals surface area contributed by atoms with E-state index < -0.39 is 0 Å². The molecule has 2 aromatic rings. The van der Waals surface area contributed by atoms with Gasteiger partial charge in [-0.25, -0.2) is 0 Å². The lowest BCUT2D eigenvalue weighted by Crippen LogP contribution is -2.48. The van der Waals surface area contributed by atoms with Crippen LogP contribution in [0.5, 0.6) is 0 Å². The van der Waals surface area contributed by atoms with Crippen LogP contribution < -0.4 is 0 Å². The van der Waals surface area contributed by atoms with E-state index >= 15 is 0 Å². The normalized spacial score (nSPS) is 23.5. The van der Waals surface area contributed by atoms with Gasteiger partial charge in [-0.3, -0.25) is 9.80 Å². The van der Waals surface area contributed by atoms with Crippen molar-refractivity contribution in [3.05, 3.63) is 71.3 Å². The number of hydrogen-bond acceptors (Lipinski definition) is 4. The Bertz CT molecular complexity index is 721. The van der Waals surface area contributed by atoms with Gasteiger partial charge >= 0.3 is 0 Å². The second-order valence-corrected chi connectivity index (χ2v) is 6.67. The Morgan fingerprint density at radius 3 is 2.38 bits per heavy atom. The lowest BCUT2D eigenvalue weighted by molar-refractivity contribution is 0.112. The maximum absolute atomic E-state index is 9.44. The maximum atomic E-state index is 9.44. The third-order valence-corrected chi connectivity index (χ3v) is 5.19. The van der Waals surface area contributed by atoms with Crippen LogP contribution in [-0.2, 0) is 13.0 Å². The molecule has 2 aromatic carbocycles. The minimum atomic E-state index is 0.144. The van der Waals surface area contributed by atoms with Crippen molar-refractivity contribution in [2.24, 2.45) is 5.16 Å². The lowest BCUT2D eigenvalue weighted by Gasteiger charge is -2.38. The Hall–Kier alpha value is -2.17. The Balaban J connectivity index is 1.44. The van der Waals surface area contributed by atoms with Crippen LogP contribution in [0.15, 0.2) is 59.8 Å². The van der Waals surface area contributed by atoms with Crippen LogP contribution in [0.4, 0.5) is 0 Å². The molecule has 0 saturated carbocycles. The molecule has 0 bridgehead atoms. The largest absolute Gasteiger partial charge is 0.411 e.